The molecule has 6 nitrogen and oxygen atoms in total. The van der Waals surface area contributed by atoms with Gasteiger partial charge in [0, 0.05) is 22.0 Å². The van der Waals surface area contributed by atoms with E-state index in [1.165, 1.54) is 18.2 Å². The summed E-state index contributed by atoms with van der Waals surface area (Å²) in [5.41, 5.74) is -0.602. The summed E-state index contributed by atoms with van der Waals surface area (Å²) in [7, 11) is 0. The van der Waals surface area contributed by atoms with Gasteiger partial charge in [-0.25, -0.2) is 13.2 Å². The van der Waals surface area contributed by atoms with Gasteiger partial charge in [-0.15, -0.1) is 0 Å². The fraction of sp³-hybridized carbons (Fsp3) is 0. The van der Waals surface area contributed by atoms with Gasteiger partial charge in [-0.05, 0) is 54.6 Å². The molecule has 0 radical (unpaired) electrons. The summed E-state index contributed by atoms with van der Waals surface area (Å²) in [4.78, 5) is 40.0. The topological polar surface area (TPSA) is 91.1 Å². The molecule has 0 fully saturated rings. The number of amides is 2. The van der Waals surface area contributed by atoms with E-state index in [2.05, 4.69) is 22.2 Å². The normalized spacial score (nSPS) is 10.8. The third-order valence-electron chi connectivity index (χ3n) is 4.75. The maximum atomic E-state index is 14.2. The van der Waals surface area contributed by atoms with Gasteiger partial charge >= 0.3 is 0 Å². The lowest BCUT2D eigenvalue weighted by Gasteiger charge is -2.11. The molecule has 0 atom stereocenters. The van der Waals surface area contributed by atoms with Crippen molar-refractivity contribution in [1.82, 2.24) is 4.98 Å². The summed E-state index contributed by atoms with van der Waals surface area (Å²) in [5.74, 6) is -3.66. The van der Waals surface area contributed by atoms with Crippen molar-refractivity contribution >= 4 is 45.0 Å². The zero-order valence-corrected chi connectivity index (χ0v) is 16.3. The maximum absolute atomic E-state index is 14.2. The molecule has 0 aliphatic carbocycles. The van der Waals surface area contributed by atoms with Crippen molar-refractivity contribution in [3.05, 3.63) is 94.4 Å². The highest BCUT2D eigenvalue weighted by Crippen LogP contribution is 2.24. The van der Waals surface area contributed by atoms with Crippen molar-refractivity contribution in [3.63, 3.8) is 0 Å². The molecule has 3 N–H and O–H groups in total. The third-order valence-corrected chi connectivity index (χ3v) is 4.75. The Morgan fingerprint density at radius 2 is 1.66 bits per heavy atom. The van der Waals surface area contributed by atoms with Crippen LogP contribution in [0.4, 0.5) is 24.5 Å². The summed E-state index contributed by atoms with van der Waals surface area (Å²) in [6.45, 7) is 3.28. The Morgan fingerprint density at radius 1 is 0.906 bits per heavy atom. The largest absolute Gasteiger partial charge is 0.354 e. The van der Waals surface area contributed by atoms with Gasteiger partial charge in [0.15, 0.2) is 5.43 Å². The van der Waals surface area contributed by atoms with Crippen molar-refractivity contribution in [2.24, 2.45) is 0 Å². The highest BCUT2D eigenvalue weighted by Gasteiger charge is 2.17. The van der Waals surface area contributed by atoms with Crippen LogP contribution >= 0.6 is 0 Å². The smallest absolute Gasteiger partial charge is 0.257 e. The maximum Gasteiger partial charge on any atom is 0.257 e. The number of anilines is 2. The molecule has 4 rings (SSSR count). The average molecular weight is 437 g/mol. The molecule has 0 aliphatic heterocycles. The van der Waals surface area contributed by atoms with E-state index in [-0.39, 0.29) is 38.7 Å². The minimum atomic E-state index is -0.845. The van der Waals surface area contributed by atoms with E-state index >= 15 is 0 Å². The van der Waals surface area contributed by atoms with Crippen LogP contribution in [0, 0.1) is 17.5 Å². The number of pyridine rings is 1. The fourth-order valence-corrected chi connectivity index (χ4v) is 3.27. The highest BCUT2D eigenvalue weighted by molar-refractivity contribution is 6.13. The number of carbonyl (C=O) groups is 2. The second-order valence-electron chi connectivity index (χ2n) is 6.86. The first-order valence-corrected chi connectivity index (χ1v) is 9.26. The number of aromatic amines is 1. The molecular weight excluding hydrogens is 423 g/mol. The van der Waals surface area contributed by atoms with Crippen LogP contribution in [0.3, 0.4) is 0 Å². The van der Waals surface area contributed by atoms with Gasteiger partial charge in [0.25, 0.3) is 5.91 Å². The second-order valence-corrected chi connectivity index (χ2v) is 6.86. The van der Waals surface area contributed by atoms with E-state index in [1.54, 1.807) is 0 Å². The number of hydrogen-bond donors (Lipinski definition) is 3. The molecule has 0 bridgehead atoms. The molecule has 32 heavy (non-hydrogen) atoms. The molecule has 0 saturated carbocycles. The monoisotopic (exact) mass is 437 g/mol. The lowest BCUT2D eigenvalue weighted by molar-refractivity contribution is -0.111. The summed E-state index contributed by atoms with van der Waals surface area (Å²) in [6, 6.07) is 8.85. The number of carbonyl (C=O) groups excluding carboxylic acids is 2. The van der Waals surface area contributed by atoms with Gasteiger partial charge in [-0.2, -0.15) is 0 Å². The summed E-state index contributed by atoms with van der Waals surface area (Å²) in [6.07, 6.45) is 0.954. The molecule has 1 aromatic heterocycles. The van der Waals surface area contributed by atoms with Crippen LogP contribution in [-0.4, -0.2) is 16.8 Å². The van der Waals surface area contributed by atoms with Crippen LogP contribution in [0.5, 0.6) is 0 Å². The molecular formula is C23H14F3N3O3. The number of benzene rings is 3. The molecule has 0 aliphatic rings. The van der Waals surface area contributed by atoms with Crippen LogP contribution in [0.1, 0.15) is 10.4 Å². The SMILES string of the molecule is C=CC(=O)Nc1cc(NC(=O)c2cc(F)cc3c(=O)c4cc(F)ccc4[nH]c23)ccc1F. The predicted octanol–water partition coefficient (Wildman–Crippen LogP) is 4.48. The lowest BCUT2D eigenvalue weighted by Crippen LogP contribution is -2.16. The van der Waals surface area contributed by atoms with Crippen molar-refractivity contribution in [2.75, 3.05) is 10.6 Å². The van der Waals surface area contributed by atoms with Crippen LogP contribution in [0.2, 0.25) is 0 Å². The number of rotatable bonds is 4. The van der Waals surface area contributed by atoms with Gasteiger partial charge in [0.1, 0.15) is 17.5 Å². The van der Waals surface area contributed by atoms with Gasteiger partial charge in [0.05, 0.1) is 16.8 Å². The van der Waals surface area contributed by atoms with Gasteiger partial charge < -0.3 is 15.6 Å². The zero-order valence-electron chi connectivity index (χ0n) is 16.3. The molecule has 2 amide bonds. The zero-order chi connectivity index (χ0) is 23.0. The van der Waals surface area contributed by atoms with E-state index in [4.69, 9.17) is 0 Å². The molecule has 0 spiro atoms. The molecule has 4 aromatic rings. The lowest BCUT2D eigenvalue weighted by atomic mass is 10.0. The number of fused-ring (bicyclic) bond motifs is 2. The molecule has 9 heteroatoms. The van der Waals surface area contributed by atoms with Crippen molar-refractivity contribution in [3.8, 4) is 0 Å². The van der Waals surface area contributed by atoms with Crippen molar-refractivity contribution in [2.45, 2.75) is 0 Å². The van der Waals surface area contributed by atoms with Crippen molar-refractivity contribution in [1.29, 1.82) is 0 Å². The Labute approximate surface area is 178 Å². The number of aromatic nitrogens is 1. The minimum absolute atomic E-state index is 0.00981. The molecule has 0 saturated heterocycles. The van der Waals surface area contributed by atoms with E-state index in [1.807, 2.05) is 0 Å². The third kappa shape index (κ3) is 3.83. The number of H-pyrrole nitrogens is 1. The number of halogens is 3. The van der Waals surface area contributed by atoms with Crippen LogP contribution in [0.15, 0.2) is 66.0 Å². The second kappa shape index (κ2) is 8.03. The number of hydrogen-bond acceptors (Lipinski definition) is 3. The Balaban J connectivity index is 1.79. The summed E-state index contributed by atoms with van der Waals surface area (Å²) >= 11 is 0. The van der Waals surface area contributed by atoms with E-state index in [0.29, 0.717) is 0 Å². The van der Waals surface area contributed by atoms with E-state index in [0.717, 1.165) is 36.4 Å². The van der Waals surface area contributed by atoms with Gasteiger partial charge in [0.2, 0.25) is 5.91 Å². The predicted molar refractivity (Wildman–Crippen MR) is 115 cm³/mol. The number of nitrogens with one attached hydrogen (secondary N) is 3. The first-order chi connectivity index (χ1) is 15.3. The Hall–Kier alpha value is -4.40. The standard InChI is InChI=1S/C23H14F3N3O3/c1-2-20(30)28-19-10-13(4-5-17(19)26)27-23(32)16-9-12(25)8-15-21(16)29-18-6-3-11(24)7-14(18)22(15)31/h2-10H,1H2,(H,27,32)(H,28,30)(H,29,31). The minimum Gasteiger partial charge on any atom is -0.354 e. The average Bonchev–Trinajstić information content (AvgIpc) is 2.76. The van der Waals surface area contributed by atoms with Crippen LogP contribution in [-0.2, 0) is 4.79 Å². The summed E-state index contributed by atoms with van der Waals surface area (Å²) < 4.78 is 41.7. The van der Waals surface area contributed by atoms with Crippen molar-refractivity contribution < 1.29 is 22.8 Å². The van der Waals surface area contributed by atoms with Gasteiger partial charge in [-0.1, -0.05) is 6.58 Å². The Bertz CT molecular complexity index is 1500. The Kier molecular flexibility index (Phi) is 5.23. The Morgan fingerprint density at radius 3 is 2.41 bits per heavy atom. The molecule has 3 aromatic carbocycles. The molecule has 0 unspecified atom stereocenters. The highest BCUT2D eigenvalue weighted by atomic mass is 19.1. The first kappa shape index (κ1) is 20.9. The van der Waals surface area contributed by atoms with Crippen LogP contribution in [0.25, 0.3) is 21.8 Å². The molecule has 1 heterocycles. The first-order valence-electron chi connectivity index (χ1n) is 9.26. The van der Waals surface area contributed by atoms with E-state index in [9.17, 15) is 27.6 Å². The molecule has 160 valence electrons. The quantitative estimate of drug-likeness (QED) is 0.325. The van der Waals surface area contributed by atoms with E-state index < -0.39 is 34.7 Å². The van der Waals surface area contributed by atoms with Gasteiger partial charge in [-0.3, -0.25) is 14.4 Å². The summed E-state index contributed by atoms with van der Waals surface area (Å²) in [5, 5.41) is 4.62. The van der Waals surface area contributed by atoms with Crippen LogP contribution < -0.4 is 16.1 Å². The fourth-order valence-electron chi connectivity index (χ4n) is 3.27.